The van der Waals surface area contributed by atoms with E-state index in [2.05, 4.69) is 48.2 Å². The lowest BCUT2D eigenvalue weighted by molar-refractivity contribution is 0.400. The lowest BCUT2D eigenvalue weighted by Crippen LogP contribution is -2.27. The topological polar surface area (TPSA) is 75.2 Å². The maximum atomic E-state index is 5.44. The van der Waals surface area contributed by atoms with Gasteiger partial charge in [0.15, 0.2) is 0 Å². The van der Waals surface area contributed by atoms with Crippen molar-refractivity contribution in [2.24, 2.45) is 4.99 Å². The zero-order valence-corrected chi connectivity index (χ0v) is 18.5. The van der Waals surface area contributed by atoms with Gasteiger partial charge in [0.05, 0.1) is 23.9 Å². The van der Waals surface area contributed by atoms with Crippen LogP contribution in [0.3, 0.4) is 0 Å². The molecule has 1 aromatic carbocycles. The number of aromatic amines is 1. The van der Waals surface area contributed by atoms with E-state index in [1.807, 2.05) is 32.9 Å². The quantitative estimate of drug-likeness (QED) is 0.634. The SMILES string of the molecule is CC.COC1=NCCc2[nH]c(-c3cccc4nc(C)c(NC(C)(C)C)nc34)cc21. The summed E-state index contributed by atoms with van der Waals surface area (Å²) in [4.78, 5) is 17.7. The van der Waals surface area contributed by atoms with Crippen LogP contribution in [0.25, 0.3) is 22.3 Å². The van der Waals surface area contributed by atoms with E-state index < -0.39 is 0 Å². The molecule has 0 radical (unpaired) electrons. The molecule has 0 saturated heterocycles. The molecule has 3 aromatic rings. The number of aliphatic imine (C=N–C) groups is 1. The van der Waals surface area contributed by atoms with Crippen molar-refractivity contribution in [2.75, 3.05) is 19.0 Å². The van der Waals surface area contributed by atoms with Gasteiger partial charge in [0.2, 0.25) is 5.90 Å². The molecular weight excluding hydrogens is 362 g/mol. The average Bonchev–Trinajstić information content (AvgIpc) is 3.12. The molecule has 0 atom stereocenters. The summed E-state index contributed by atoms with van der Waals surface area (Å²) < 4.78 is 5.44. The maximum absolute atomic E-state index is 5.44. The molecule has 0 unspecified atom stereocenters. The smallest absolute Gasteiger partial charge is 0.217 e. The normalized spacial score (nSPS) is 13.3. The Kier molecular flexibility index (Phi) is 5.91. The number of ether oxygens (including phenoxy) is 1. The number of aryl methyl sites for hydroxylation is 1. The minimum atomic E-state index is -0.0859. The van der Waals surface area contributed by atoms with Gasteiger partial charge in [-0.1, -0.05) is 26.0 Å². The number of hydrogen-bond donors (Lipinski definition) is 2. The number of nitrogens with zero attached hydrogens (tertiary/aromatic N) is 3. The second-order valence-electron chi connectivity index (χ2n) is 7.92. The van der Waals surface area contributed by atoms with Crippen molar-refractivity contribution in [3.05, 3.63) is 41.2 Å². The molecular formula is C23H31N5O. The van der Waals surface area contributed by atoms with E-state index in [4.69, 9.17) is 14.7 Å². The minimum absolute atomic E-state index is 0.0859. The Bertz CT molecular complexity index is 1040. The summed E-state index contributed by atoms with van der Waals surface area (Å²) in [6.45, 7) is 13.1. The van der Waals surface area contributed by atoms with Crippen LogP contribution < -0.4 is 5.32 Å². The van der Waals surface area contributed by atoms with Gasteiger partial charge < -0.3 is 15.0 Å². The number of benzene rings is 1. The lowest BCUT2D eigenvalue weighted by atomic mass is 10.1. The van der Waals surface area contributed by atoms with E-state index >= 15 is 0 Å². The first-order valence-corrected chi connectivity index (χ1v) is 10.2. The molecule has 2 N–H and O–H groups in total. The Morgan fingerprint density at radius 2 is 1.86 bits per heavy atom. The predicted octanol–water partition coefficient (Wildman–Crippen LogP) is 5.12. The first kappa shape index (κ1) is 20.8. The molecule has 4 rings (SSSR count). The zero-order valence-electron chi connectivity index (χ0n) is 18.5. The highest BCUT2D eigenvalue weighted by atomic mass is 16.5. The number of hydrogen-bond acceptors (Lipinski definition) is 5. The number of aromatic nitrogens is 3. The summed E-state index contributed by atoms with van der Waals surface area (Å²) in [5.41, 5.74) is 6.80. The molecule has 1 aliphatic rings. The first-order chi connectivity index (χ1) is 13.9. The van der Waals surface area contributed by atoms with E-state index in [9.17, 15) is 0 Å². The molecule has 0 saturated carbocycles. The van der Waals surface area contributed by atoms with Gasteiger partial charge in [-0.05, 0) is 39.8 Å². The third-order valence-corrected chi connectivity index (χ3v) is 4.59. The monoisotopic (exact) mass is 393 g/mol. The van der Waals surface area contributed by atoms with Gasteiger partial charge in [-0.2, -0.15) is 0 Å². The molecule has 0 aliphatic carbocycles. The molecule has 6 heteroatoms. The third kappa shape index (κ3) is 4.26. The molecule has 0 bridgehead atoms. The largest absolute Gasteiger partial charge is 0.481 e. The third-order valence-electron chi connectivity index (χ3n) is 4.59. The fourth-order valence-electron chi connectivity index (χ4n) is 3.42. The fraction of sp³-hybridized carbons (Fsp3) is 0.435. The van der Waals surface area contributed by atoms with Crippen molar-refractivity contribution in [3.8, 4) is 11.3 Å². The van der Waals surface area contributed by atoms with Crippen LogP contribution in [0.4, 0.5) is 5.82 Å². The van der Waals surface area contributed by atoms with Gasteiger partial charge in [0.1, 0.15) is 11.3 Å². The number of fused-ring (bicyclic) bond motifs is 2. The molecule has 1 aliphatic heterocycles. The zero-order chi connectivity index (χ0) is 21.2. The summed E-state index contributed by atoms with van der Waals surface area (Å²) in [6.07, 6.45) is 0.884. The molecule has 0 fully saturated rings. The number of methoxy groups -OCH3 is 1. The minimum Gasteiger partial charge on any atom is -0.481 e. The van der Waals surface area contributed by atoms with Crippen molar-refractivity contribution >= 4 is 22.7 Å². The summed E-state index contributed by atoms with van der Waals surface area (Å²) in [7, 11) is 1.66. The van der Waals surface area contributed by atoms with Gasteiger partial charge in [-0.25, -0.2) is 9.97 Å². The lowest BCUT2D eigenvalue weighted by Gasteiger charge is -2.22. The number of nitrogens with one attached hydrogen (secondary N) is 2. The van der Waals surface area contributed by atoms with Crippen molar-refractivity contribution in [1.82, 2.24) is 15.0 Å². The summed E-state index contributed by atoms with van der Waals surface area (Å²) in [5, 5.41) is 3.46. The van der Waals surface area contributed by atoms with Gasteiger partial charge in [0.25, 0.3) is 0 Å². The van der Waals surface area contributed by atoms with E-state index in [-0.39, 0.29) is 5.54 Å². The van der Waals surface area contributed by atoms with Crippen LogP contribution in [0, 0.1) is 6.92 Å². The molecule has 0 spiro atoms. The molecule has 6 nitrogen and oxygen atoms in total. The van der Waals surface area contributed by atoms with Crippen LogP contribution in [0.5, 0.6) is 0 Å². The van der Waals surface area contributed by atoms with Crippen LogP contribution in [-0.2, 0) is 11.2 Å². The standard InChI is InChI=1S/C21H25N5O.C2H6/c1-12-19(26-21(2,3)4)25-18-13(7-6-8-16(18)23-12)17-11-14-15(24-17)9-10-22-20(14)27-5;1-2/h6-8,11,24H,9-10H2,1-5H3,(H,25,26);1-2H3. The maximum Gasteiger partial charge on any atom is 0.217 e. The van der Waals surface area contributed by atoms with Gasteiger partial charge >= 0.3 is 0 Å². The second-order valence-corrected chi connectivity index (χ2v) is 7.92. The Hall–Kier alpha value is -2.89. The summed E-state index contributed by atoms with van der Waals surface area (Å²) >= 11 is 0. The highest BCUT2D eigenvalue weighted by Crippen LogP contribution is 2.31. The average molecular weight is 394 g/mol. The van der Waals surface area contributed by atoms with Crippen LogP contribution >= 0.6 is 0 Å². The van der Waals surface area contributed by atoms with E-state index in [1.165, 1.54) is 0 Å². The number of para-hydroxylation sites is 1. The van der Waals surface area contributed by atoms with E-state index in [0.717, 1.165) is 58.0 Å². The molecule has 29 heavy (non-hydrogen) atoms. The van der Waals surface area contributed by atoms with Crippen molar-refractivity contribution in [3.63, 3.8) is 0 Å². The van der Waals surface area contributed by atoms with Gasteiger partial charge in [-0.15, -0.1) is 0 Å². The Morgan fingerprint density at radius 1 is 1.10 bits per heavy atom. The summed E-state index contributed by atoms with van der Waals surface area (Å²) in [5.74, 6) is 1.51. The molecule has 3 heterocycles. The molecule has 2 aromatic heterocycles. The van der Waals surface area contributed by atoms with E-state index in [0.29, 0.717) is 5.90 Å². The van der Waals surface area contributed by atoms with Crippen molar-refractivity contribution in [1.29, 1.82) is 0 Å². The number of H-pyrrole nitrogens is 1. The Balaban J connectivity index is 0.00000117. The van der Waals surface area contributed by atoms with Gasteiger partial charge in [0, 0.05) is 35.5 Å². The number of rotatable bonds is 2. The second kappa shape index (κ2) is 8.23. The molecule has 0 amide bonds. The van der Waals surface area contributed by atoms with Gasteiger partial charge in [-0.3, -0.25) is 4.99 Å². The van der Waals surface area contributed by atoms with Crippen LogP contribution in [0.15, 0.2) is 29.3 Å². The predicted molar refractivity (Wildman–Crippen MR) is 121 cm³/mol. The Labute approximate surface area is 172 Å². The highest BCUT2D eigenvalue weighted by Gasteiger charge is 2.20. The van der Waals surface area contributed by atoms with Crippen molar-refractivity contribution in [2.45, 2.75) is 53.5 Å². The van der Waals surface area contributed by atoms with Crippen LogP contribution in [0.1, 0.15) is 51.6 Å². The fourth-order valence-corrected chi connectivity index (χ4v) is 3.42. The van der Waals surface area contributed by atoms with Crippen LogP contribution in [0.2, 0.25) is 0 Å². The number of anilines is 1. The highest BCUT2D eigenvalue weighted by molar-refractivity contribution is 5.99. The Morgan fingerprint density at radius 3 is 2.55 bits per heavy atom. The van der Waals surface area contributed by atoms with Crippen LogP contribution in [-0.4, -0.2) is 40.0 Å². The van der Waals surface area contributed by atoms with Crippen molar-refractivity contribution < 1.29 is 4.74 Å². The summed E-state index contributed by atoms with van der Waals surface area (Å²) in [6, 6.07) is 8.20. The first-order valence-electron chi connectivity index (χ1n) is 10.2. The van der Waals surface area contributed by atoms with E-state index in [1.54, 1.807) is 7.11 Å². The molecule has 154 valence electrons.